The van der Waals surface area contributed by atoms with E-state index in [-0.39, 0.29) is 16.2 Å². The molecule has 1 fully saturated rings. The monoisotopic (exact) mass is 465 g/mol. The molecular formula is C23H16FN3O5S. The fraction of sp³-hybridized carbons (Fsp3) is 0.0435. The Bertz CT molecular complexity index is 1300. The highest BCUT2D eigenvalue weighted by molar-refractivity contribution is 8.18. The summed E-state index contributed by atoms with van der Waals surface area (Å²) in [5, 5.41) is 10.8. The molecule has 10 heteroatoms. The number of nitrogens with zero attached hydrogens (tertiary/aromatic N) is 2. The maximum Gasteiger partial charge on any atom is 0.335 e. The minimum atomic E-state index is -1.04. The summed E-state index contributed by atoms with van der Waals surface area (Å²) in [6.45, 7) is -0.548. The number of carbonyl (C=O) groups excluding carboxylic acids is 3. The molecule has 1 aliphatic rings. The van der Waals surface area contributed by atoms with Crippen LogP contribution in [0.4, 0.5) is 14.9 Å². The van der Waals surface area contributed by atoms with Gasteiger partial charge in [-0.3, -0.25) is 19.3 Å². The van der Waals surface area contributed by atoms with Crippen molar-refractivity contribution in [2.24, 2.45) is 0 Å². The summed E-state index contributed by atoms with van der Waals surface area (Å²) in [5.74, 6) is -3.01. The lowest BCUT2D eigenvalue weighted by Gasteiger charge is -2.12. The number of aromatic carboxylic acids is 1. The molecule has 33 heavy (non-hydrogen) atoms. The van der Waals surface area contributed by atoms with E-state index in [9.17, 15) is 23.6 Å². The molecule has 0 aliphatic carbocycles. The molecule has 0 bridgehead atoms. The van der Waals surface area contributed by atoms with E-state index in [1.165, 1.54) is 36.4 Å². The second-order valence-electron chi connectivity index (χ2n) is 6.95. The van der Waals surface area contributed by atoms with Crippen molar-refractivity contribution >= 4 is 46.5 Å². The lowest BCUT2D eigenvalue weighted by atomic mass is 10.2. The van der Waals surface area contributed by atoms with Crippen molar-refractivity contribution in [2.75, 3.05) is 11.9 Å². The smallest absolute Gasteiger partial charge is 0.335 e. The van der Waals surface area contributed by atoms with Crippen molar-refractivity contribution < 1.29 is 28.7 Å². The standard InChI is InChI=1S/C23H16FN3O5S/c24-17-5-1-2-6-18(17)25-20(28)13-27-21(29)19(33-23(27)32)12-16-4-3-11-26(16)15-9-7-14(8-10-15)22(30)31/h1-12H,13H2,(H,25,28)(H,30,31)/b19-12+. The average Bonchev–Trinajstić information content (AvgIpc) is 3.35. The Kier molecular flexibility index (Phi) is 6.09. The Morgan fingerprint density at radius 3 is 2.45 bits per heavy atom. The van der Waals surface area contributed by atoms with Crippen LogP contribution in [-0.2, 0) is 9.59 Å². The largest absolute Gasteiger partial charge is 0.478 e. The second-order valence-corrected chi connectivity index (χ2v) is 7.94. The van der Waals surface area contributed by atoms with Crippen molar-refractivity contribution in [3.8, 4) is 5.69 Å². The van der Waals surface area contributed by atoms with Gasteiger partial charge in [-0.1, -0.05) is 12.1 Å². The first-order valence-corrected chi connectivity index (χ1v) is 10.5. The Morgan fingerprint density at radius 2 is 1.76 bits per heavy atom. The quantitative estimate of drug-likeness (QED) is 0.533. The first-order chi connectivity index (χ1) is 15.8. The number of para-hydroxylation sites is 1. The van der Waals surface area contributed by atoms with Gasteiger partial charge in [-0.05, 0) is 66.4 Å². The molecule has 2 aromatic carbocycles. The number of anilines is 1. The highest BCUT2D eigenvalue weighted by Crippen LogP contribution is 2.32. The number of nitrogens with one attached hydrogen (secondary N) is 1. The van der Waals surface area contributed by atoms with Crippen LogP contribution >= 0.6 is 11.8 Å². The predicted octanol–water partition coefficient (Wildman–Crippen LogP) is 3.99. The van der Waals surface area contributed by atoms with Crippen molar-refractivity contribution in [2.45, 2.75) is 0 Å². The number of amides is 3. The fourth-order valence-corrected chi connectivity index (χ4v) is 4.00. The second kappa shape index (κ2) is 9.13. The molecule has 3 aromatic rings. The van der Waals surface area contributed by atoms with Crippen molar-refractivity contribution in [3.63, 3.8) is 0 Å². The minimum Gasteiger partial charge on any atom is -0.478 e. The SMILES string of the molecule is O=C(CN1C(=O)S/C(=C/c2cccn2-c2ccc(C(=O)O)cc2)C1=O)Nc1ccccc1F. The molecule has 1 aliphatic heterocycles. The third-order valence-corrected chi connectivity index (χ3v) is 5.68. The van der Waals surface area contributed by atoms with Crippen molar-refractivity contribution in [1.29, 1.82) is 0 Å². The van der Waals surface area contributed by atoms with Gasteiger partial charge in [0.05, 0.1) is 16.2 Å². The van der Waals surface area contributed by atoms with Gasteiger partial charge in [0.2, 0.25) is 5.91 Å². The van der Waals surface area contributed by atoms with E-state index in [1.54, 1.807) is 41.1 Å². The van der Waals surface area contributed by atoms with Crippen LogP contribution in [0.25, 0.3) is 11.8 Å². The number of carboxylic acids is 1. The maximum absolute atomic E-state index is 13.7. The zero-order valence-corrected chi connectivity index (χ0v) is 17.7. The van der Waals surface area contributed by atoms with Crippen LogP contribution in [0.2, 0.25) is 0 Å². The molecule has 0 radical (unpaired) electrons. The summed E-state index contributed by atoms with van der Waals surface area (Å²) in [5.41, 5.74) is 1.35. The number of hydrogen-bond acceptors (Lipinski definition) is 5. The molecule has 166 valence electrons. The number of carbonyl (C=O) groups is 4. The lowest BCUT2D eigenvalue weighted by molar-refractivity contribution is -0.127. The minimum absolute atomic E-state index is 0.0447. The van der Waals surface area contributed by atoms with Crippen LogP contribution in [0.15, 0.2) is 71.8 Å². The summed E-state index contributed by atoms with van der Waals surface area (Å²) < 4.78 is 15.4. The van der Waals surface area contributed by atoms with Gasteiger partial charge in [0, 0.05) is 17.6 Å². The molecule has 2 N–H and O–H groups in total. The van der Waals surface area contributed by atoms with Crippen LogP contribution in [0.1, 0.15) is 16.1 Å². The topological polar surface area (TPSA) is 109 Å². The number of aromatic nitrogens is 1. The fourth-order valence-electron chi connectivity index (χ4n) is 3.18. The Morgan fingerprint density at radius 1 is 1.03 bits per heavy atom. The third kappa shape index (κ3) is 4.70. The highest BCUT2D eigenvalue weighted by Gasteiger charge is 2.36. The molecule has 4 rings (SSSR count). The molecular weight excluding hydrogens is 449 g/mol. The molecule has 8 nitrogen and oxygen atoms in total. The Labute approximate surface area is 191 Å². The van der Waals surface area contributed by atoms with E-state index >= 15 is 0 Å². The van der Waals surface area contributed by atoms with Gasteiger partial charge in [0.15, 0.2) is 0 Å². The van der Waals surface area contributed by atoms with Gasteiger partial charge in [-0.25, -0.2) is 9.18 Å². The average molecular weight is 465 g/mol. The summed E-state index contributed by atoms with van der Waals surface area (Å²) in [6.07, 6.45) is 3.25. The van der Waals surface area contributed by atoms with E-state index < -0.39 is 35.4 Å². The maximum atomic E-state index is 13.7. The van der Waals surface area contributed by atoms with Crippen LogP contribution < -0.4 is 5.32 Å². The molecule has 2 heterocycles. The van der Waals surface area contributed by atoms with Gasteiger partial charge >= 0.3 is 5.97 Å². The molecule has 1 aromatic heterocycles. The van der Waals surface area contributed by atoms with Gasteiger partial charge in [-0.2, -0.15) is 0 Å². The molecule has 0 atom stereocenters. The summed E-state index contributed by atoms with van der Waals surface area (Å²) in [4.78, 5) is 49.3. The van der Waals surface area contributed by atoms with E-state index in [1.807, 2.05) is 0 Å². The number of imide groups is 1. The number of thioether (sulfide) groups is 1. The number of carboxylic acid groups (broad SMARTS) is 1. The summed E-state index contributed by atoms with van der Waals surface area (Å²) in [6, 6.07) is 15.2. The van der Waals surface area contributed by atoms with Gasteiger partial charge in [0.25, 0.3) is 11.1 Å². The highest BCUT2D eigenvalue weighted by atomic mass is 32.2. The number of benzene rings is 2. The number of hydrogen-bond donors (Lipinski definition) is 2. The van der Waals surface area contributed by atoms with Gasteiger partial charge < -0.3 is 15.0 Å². The molecule has 0 unspecified atom stereocenters. The van der Waals surface area contributed by atoms with E-state index in [2.05, 4.69) is 5.32 Å². The Hall–Kier alpha value is -4.18. The Balaban J connectivity index is 1.51. The van der Waals surface area contributed by atoms with Crippen molar-refractivity contribution in [1.82, 2.24) is 9.47 Å². The summed E-state index contributed by atoms with van der Waals surface area (Å²) >= 11 is 0.695. The van der Waals surface area contributed by atoms with E-state index in [0.29, 0.717) is 23.1 Å². The number of rotatable bonds is 6. The molecule has 0 spiro atoms. The first kappa shape index (κ1) is 22.0. The number of halogens is 1. The van der Waals surface area contributed by atoms with Crippen molar-refractivity contribution in [3.05, 3.63) is 88.8 Å². The van der Waals surface area contributed by atoms with Crippen LogP contribution in [0, 0.1) is 5.82 Å². The predicted molar refractivity (Wildman–Crippen MR) is 120 cm³/mol. The zero-order valence-electron chi connectivity index (χ0n) is 16.9. The summed E-state index contributed by atoms with van der Waals surface area (Å²) in [7, 11) is 0. The normalized spacial score (nSPS) is 14.7. The van der Waals surface area contributed by atoms with Crippen LogP contribution in [-0.4, -0.2) is 44.1 Å². The van der Waals surface area contributed by atoms with E-state index in [0.717, 1.165) is 4.90 Å². The van der Waals surface area contributed by atoms with Crippen LogP contribution in [0.3, 0.4) is 0 Å². The molecule has 3 amide bonds. The van der Waals surface area contributed by atoms with Gasteiger partial charge in [-0.15, -0.1) is 0 Å². The lowest BCUT2D eigenvalue weighted by Crippen LogP contribution is -2.36. The molecule has 0 saturated carbocycles. The molecule has 1 saturated heterocycles. The van der Waals surface area contributed by atoms with Gasteiger partial charge in [0.1, 0.15) is 12.4 Å². The van der Waals surface area contributed by atoms with E-state index in [4.69, 9.17) is 5.11 Å². The van der Waals surface area contributed by atoms with Crippen LogP contribution in [0.5, 0.6) is 0 Å². The zero-order chi connectivity index (χ0) is 23.5. The third-order valence-electron chi connectivity index (χ3n) is 4.77. The first-order valence-electron chi connectivity index (χ1n) is 9.64.